The average molecular weight is 456 g/mol. The Balaban J connectivity index is 1.27. The van der Waals surface area contributed by atoms with Crippen LogP contribution in [0.1, 0.15) is 17.3 Å². The Labute approximate surface area is 188 Å². The molecular weight excluding hydrogens is 434 g/mol. The molecule has 1 N–H and O–H groups in total. The summed E-state index contributed by atoms with van der Waals surface area (Å²) in [6, 6.07) is 9.50. The Morgan fingerprint density at radius 2 is 1.84 bits per heavy atom. The van der Waals surface area contributed by atoms with E-state index in [0.717, 1.165) is 60.1 Å². The fourth-order valence-corrected chi connectivity index (χ4v) is 5.04. The van der Waals surface area contributed by atoms with Crippen LogP contribution >= 0.6 is 22.9 Å². The van der Waals surface area contributed by atoms with Gasteiger partial charge in [-0.3, -0.25) is 14.6 Å². The molecule has 1 saturated heterocycles. The van der Waals surface area contributed by atoms with E-state index in [1.807, 2.05) is 42.6 Å². The predicted molar refractivity (Wildman–Crippen MR) is 122 cm³/mol. The molecule has 0 atom stereocenters. The van der Waals surface area contributed by atoms with Gasteiger partial charge in [-0.2, -0.15) is 0 Å². The van der Waals surface area contributed by atoms with Gasteiger partial charge < -0.3 is 9.51 Å². The van der Waals surface area contributed by atoms with Gasteiger partial charge in [0.05, 0.1) is 17.6 Å². The summed E-state index contributed by atoms with van der Waals surface area (Å²) in [5.74, 6) is 1.55. The Morgan fingerprint density at radius 3 is 2.52 bits per heavy atom. The summed E-state index contributed by atoms with van der Waals surface area (Å²) in [6.45, 7) is 7.06. The largest absolute Gasteiger partial charge is 0.361 e. The molecule has 1 fully saturated rings. The normalized spacial score (nSPS) is 15.7. The molecule has 4 heterocycles. The molecular formula is C22H22ClN5O2S. The van der Waals surface area contributed by atoms with Gasteiger partial charge >= 0.3 is 0 Å². The molecule has 5 rings (SSSR count). The lowest BCUT2D eigenvalue weighted by Crippen LogP contribution is -2.45. The lowest BCUT2D eigenvalue weighted by Gasteiger charge is -2.33. The number of aryl methyl sites for hydroxylation is 1. The van der Waals surface area contributed by atoms with E-state index < -0.39 is 0 Å². The first-order valence-electron chi connectivity index (χ1n) is 10.2. The zero-order valence-electron chi connectivity index (χ0n) is 17.1. The molecule has 9 heteroatoms. The maximum absolute atomic E-state index is 12.9. The summed E-state index contributed by atoms with van der Waals surface area (Å²) in [5, 5.41) is 7.39. The fourth-order valence-electron chi connectivity index (χ4n) is 3.95. The second-order valence-electron chi connectivity index (χ2n) is 7.83. The molecule has 3 aromatic heterocycles. The molecule has 7 nitrogen and oxygen atoms in total. The van der Waals surface area contributed by atoms with Crippen LogP contribution < -0.4 is 5.56 Å². The van der Waals surface area contributed by atoms with Gasteiger partial charge in [0.15, 0.2) is 0 Å². The maximum Gasteiger partial charge on any atom is 0.260 e. The van der Waals surface area contributed by atoms with Gasteiger partial charge in [-0.05, 0) is 24.6 Å². The molecule has 31 heavy (non-hydrogen) atoms. The topological polar surface area (TPSA) is 78.3 Å². The third kappa shape index (κ3) is 4.43. The van der Waals surface area contributed by atoms with E-state index in [2.05, 4.69) is 19.9 Å². The standard InChI is InChI=1S/C22H22ClN5O2S/c1-14-10-17(26-30-14)11-27-6-8-28(9-7-27)12-19-24-21(29)20-18(13-31-22(20)25-19)15-2-4-16(23)5-3-15/h2-5,10,13H,6-9,11-12H2,1H3,(H,24,25,29). The molecule has 0 aliphatic carbocycles. The van der Waals surface area contributed by atoms with Crippen molar-refractivity contribution in [2.24, 2.45) is 0 Å². The molecule has 160 valence electrons. The first kappa shape index (κ1) is 20.4. The number of aromatic amines is 1. The predicted octanol–water partition coefficient (Wildman–Crippen LogP) is 3.92. The number of hydrogen-bond acceptors (Lipinski definition) is 7. The number of piperazine rings is 1. The van der Waals surface area contributed by atoms with Crippen LogP contribution in [0.3, 0.4) is 0 Å². The van der Waals surface area contributed by atoms with Gasteiger partial charge in [0, 0.05) is 54.8 Å². The molecule has 1 aliphatic rings. The highest BCUT2D eigenvalue weighted by atomic mass is 35.5. The number of rotatable bonds is 5. The number of fused-ring (bicyclic) bond motifs is 1. The minimum absolute atomic E-state index is 0.0914. The lowest BCUT2D eigenvalue weighted by atomic mass is 10.1. The molecule has 0 saturated carbocycles. The van der Waals surface area contributed by atoms with Crippen molar-refractivity contribution in [3.8, 4) is 11.1 Å². The minimum atomic E-state index is -0.0914. The Hall–Kier alpha value is -2.52. The van der Waals surface area contributed by atoms with Gasteiger partial charge in [0.2, 0.25) is 0 Å². The number of benzene rings is 1. The van der Waals surface area contributed by atoms with Gasteiger partial charge in [-0.1, -0.05) is 28.9 Å². The number of nitrogens with one attached hydrogen (secondary N) is 1. The average Bonchev–Trinajstić information content (AvgIpc) is 3.36. The highest BCUT2D eigenvalue weighted by Crippen LogP contribution is 2.31. The summed E-state index contributed by atoms with van der Waals surface area (Å²) in [6.07, 6.45) is 0. The summed E-state index contributed by atoms with van der Waals surface area (Å²) in [7, 11) is 0. The number of thiophene rings is 1. The zero-order valence-corrected chi connectivity index (χ0v) is 18.7. The van der Waals surface area contributed by atoms with Gasteiger partial charge in [-0.25, -0.2) is 4.98 Å². The molecule has 0 amide bonds. The van der Waals surface area contributed by atoms with E-state index in [1.54, 1.807) is 0 Å². The monoisotopic (exact) mass is 455 g/mol. The van der Waals surface area contributed by atoms with E-state index in [0.29, 0.717) is 22.8 Å². The second-order valence-corrected chi connectivity index (χ2v) is 9.12. The van der Waals surface area contributed by atoms with Crippen LogP contribution in [0.2, 0.25) is 5.02 Å². The Bertz CT molecular complexity index is 1260. The van der Waals surface area contributed by atoms with E-state index in [-0.39, 0.29) is 5.56 Å². The van der Waals surface area contributed by atoms with Crippen LogP contribution in [0, 0.1) is 6.92 Å². The summed E-state index contributed by atoms with van der Waals surface area (Å²) >= 11 is 7.49. The molecule has 4 aromatic rings. The number of H-pyrrole nitrogens is 1. The highest BCUT2D eigenvalue weighted by Gasteiger charge is 2.20. The van der Waals surface area contributed by atoms with E-state index >= 15 is 0 Å². The molecule has 0 unspecified atom stereocenters. The maximum atomic E-state index is 12.9. The molecule has 1 aliphatic heterocycles. The zero-order chi connectivity index (χ0) is 21.4. The first-order chi connectivity index (χ1) is 15.0. The van der Waals surface area contributed by atoms with Crippen LogP contribution in [0.25, 0.3) is 21.3 Å². The van der Waals surface area contributed by atoms with E-state index in [1.165, 1.54) is 11.3 Å². The third-order valence-corrected chi connectivity index (χ3v) is 6.67. The minimum Gasteiger partial charge on any atom is -0.361 e. The van der Waals surface area contributed by atoms with Crippen molar-refractivity contribution in [2.75, 3.05) is 26.2 Å². The summed E-state index contributed by atoms with van der Waals surface area (Å²) in [4.78, 5) is 26.1. The number of halogens is 1. The summed E-state index contributed by atoms with van der Waals surface area (Å²) in [5.41, 5.74) is 2.74. The van der Waals surface area contributed by atoms with Crippen LogP contribution in [0.5, 0.6) is 0 Å². The fraction of sp³-hybridized carbons (Fsp3) is 0.318. The number of nitrogens with zero attached hydrogens (tertiary/aromatic N) is 4. The lowest BCUT2D eigenvalue weighted by molar-refractivity contribution is 0.118. The van der Waals surface area contributed by atoms with Crippen molar-refractivity contribution in [2.45, 2.75) is 20.0 Å². The SMILES string of the molecule is Cc1cc(CN2CCN(Cc3nc4scc(-c5ccc(Cl)cc5)c4c(=O)[nH]3)CC2)no1. The van der Waals surface area contributed by atoms with Gasteiger partial charge in [0.25, 0.3) is 5.56 Å². The van der Waals surface area contributed by atoms with Crippen LogP contribution in [0.15, 0.2) is 45.0 Å². The third-order valence-electron chi connectivity index (χ3n) is 5.55. The molecule has 1 aromatic carbocycles. The van der Waals surface area contributed by atoms with Crippen molar-refractivity contribution in [3.05, 3.63) is 68.4 Å². The highest BCUT2D eigenvalue weighted by molar-refractivity contribution is 7.17. The van der Waals surface area contributed by atoms with Crippen molar-refractivity contribution >= 4 is 33.2 Å². The molecule has 0 bridgehead atoms. The Morgan fingerprint density at radius 1 is 1.13 bits per heavy atom. The van der Waals surface area contributed by atoms with E-state index in [9.17, 15) is 4.79 Å². The van der Waals surface area contributed by atoms with Crippen LogP contribution in [-0.2, 0) is 13.1 Å². The smallest absolute Gasteiger partial charge is 0.260 e. The van der Waals surface area contributed by atoms with E-state index in [4.69, 9.17) is 21.1 Å². The molecule has 0 spiro atoms. The van der Waals surface area contributed by atoms with Crippen molar-refractivity contribution in [1.82, 2.24) is 24.9 Å². The van der Waals surface area contributed by atoms with Crippen molar-refractivity contribution < 1.29 is 4.52 Å². The quantitative estimate of drug-likeness (QED) is 0.491. The summed E-state index contributed by atoms with van der Waals surface area (Å²) < 4.78 is 5.15. The van der Waals surface area contributed by atoms with Crippen molar-refractivity contribution in [1.29, 1.82) is 0 Å². The van der Waals surface area contributed by atoms with Gasteiger partial charge in [0.1, 0.15) is 16.4 Å². The van der Waals surface area contributed by atoms with Gasteiger partial charge in [-0.15, -0.1) is 11.3 Å². The second kappa shape index (κ2) is 8.55. The Kier molecular flexibility index (Phi) is 5.62. The van der Waals surface area contributed by atoms with Crippen LogP contribution in [-0.4, -0.2) is 51.1 Å². The first-order valence-corrected chi connectivity index (χ1v) is 11.4. The van der Waals surface area contributed by atoms with Crippen molar-refractivity contribution in [3.63, 3.8) is 0 Å². The number of hydrogen-bond donors (Lipinski definition) is 1. The van der Waals surface area contributed by atoms with Crippen LogP contribution in [0.4, 0.5) is 0 Å². The number of aromatic nitrogens is 3. The molecule has 0 radical (unpaired) electrons.